The molecule has 4 fully saturated rings. The van der Waals surface area contributed by atoms with Crippen molar-refractivity contribution in [1.29, 1.82) is 5.26 Å². The minimum Gasteiger partial charge on any atom is -0.489 e. The highest BCUT2D eigenvalue weighted by Crippen LogP contribution is 2.55. The van der Waals surface area contributed by atoms with Crippen molar-refractivity contribution in [3.05, 3.63) is 87.9 Å². The fourth-order valence-electron chi connectivity index (χ4n) is 10.2. The van der Waals surface area contributed by atoms with Crippen molar-refractivity contribution in [2.24, 2.45) is 10.8 Å². The summed E-state index contributed by atoms with van der Waals surface area (Å²) in [6.45, 7) is 12.4. The normalized spacial score (nSPS) is 24.6. The van der Waals surface area contributed by atoms with Gasteiger partial charge in [-0.25, -0.2) is 4.39 Å². The Hall–Kier alpha value is -5.52. The Morgan fingerprint density at radius 1 is 0.867 bits per heavy atom. The number of piperazine rings is 1. The summed E-state index contributed by atoms with van der Waals surface area (Å²) in [5.41, 5.74) is 0.970. The number of amides is 5. The van der Waals surface area contributed by atoms with Gasteiger partial charge in [-0.2, -0.15) is 5.26 Å². The number of carbonyl (C=O) groups is 5. The van der Waals surface area contributed by atoms with Gasteiger partial charge in [-0.3, -0.25) is 39.1 Å². The molecule has 5 amide bonds. The van der Waals surface area contributed by atoms with Gasteiger partial charge in [-0.05, 0) is 61.0 Å². The van der Waals surface area contributed by atoms with Crippen molar-refractivity contribution in [3.8, 4) is 11.8 Å². The Balaban J connectivity index is 0.804. The molecule has 0 radical (unpaired) electrons. The maximum absolute atomic E-state index is 16.3. The second-order valence-corrected chi connectivity index (χ2v) is 18.3. The number of halogens is 2. The van der Waals surface area contributed by atoms with Gasteiger partial charge >= 0.3 is 0 Å². The van der Waals surface area contributed by atoms with Crippen molar-refractivity contribution < 1.29 is 33.1 Å². The first-order valence-corrected chi connectivity index (χ1v) is 20.9. The Morgan fingerprint density at radius 2 is 1.50 bits per heavy atom. The van der Waals surface area contributed by atoms with Crippen LogP contribution in [-0.2, 0) is 9.59 Å². The summed E-state index contributed by atoms with van der Waals surface area (Å²) in [5, 5.41) is 15.0. The molecule has 3 saturated heterocycles. The Labute approximate surface area is 353 Å². The van der Waals surface area contributed by atoms with Crippen LogP contribution in [0, 0.1) is 22.2 Å². The smallest absolute Gasteiger partial charge is 0.262 e. The van der Waals surface area contributed by atoms with E-state index in [4.69, 9.17) is 16.3 Å². The van der Waals surface area contributed by atoms with E-state index in [2.05, 4.69) is 54.2 Å². The number of carbonyl (C=O) groups excluding carboxylic acids is 5. The van der Waals surface area contributed by atoms with E-state index in [1.54, 1.807) is 36.4 Å². The zero-order chi connectivity index (χ0) is 42.7. The first-order chi connectivity index (χ1) is 28.5. The van der Waals surface area contributed by atoms with Gasteiger partial charge in [-0.15, -0.1) is 0 Å². The van der Waals surface area contributed by atoms with Gasteiger partial charge in [0, 0.05) is 105 Å². The molecule has 8 rings (SSSR count). The van der Waals surface area contributed by atoms with Gasteiger partial charge in [-0.1, -0.05) is 39.3 Å². The van der Waals surface area contributed by atoms with Gasteiger partial charge < -0.3 is 19.9 Å². The molecule has 314 valence electrons. The van der Waals surface area contributed by atoms with Gasteiger partial charge in [0.2, 0.25) is 11.8 Å². The maximum atomic E-state index is 16.3. The molecule has 1 atom stereocenters. The van der Waals surface area contributed by atoms with E-state index in [-0.39, 0.29) is 52.9 Å². The van der Waals surface area contributed by atoms with E-state index in [1.165, 1.54) is 0 Å². The highest BCUT2D eigenvalue weighted by atomic mass is 35.5. The predicted octanol–water partition coefficient (Wildman–Crippen LogP) is 5.36. The van der Waals surface area contributed by atoms with Crippen molar-refractivity contribution in [2.45, 2.75) is 77.2 Å². The average Bonchev–Trinajstić information content (AvgIpc) is 3.47. The van der Waals surface area contributed by atoms with E-state index in [9.17, 15) is 29.2 Å². The lowest BCUT2D eigenvalue weighted by molar-refractivity contribution is -0.164. The standard InChI is InChI=1S/C45H49ClFN7O6/c1-43(2)41(44(3,4)42(43)60-31-11-7-28(25-48)34(46)24-31)50-37(56)27-5-8-29(9-6-27)53-21-19-51(20-22-53)26-45(47)15-17-52(18-16-45)30-10-12-32-33(23-30)40(59)54(39(32)58)35-13-14-36(55)49-38(35)57/h5-12,23-24,35,41-42H,13-22,26H2,1-4H3,(H,50,56)(H,49,55,57)/t35?,41-,42-. The first-order valence-electron chi connectivity index (χ1n) is 20.5. The van der Waals surface area contributed by atoms with Gasteiger partial charge in [0.05, 0.1) is 21.7 Å². The Kier molecular flexibility index (Phi) is 10.6. The second kappa shape index (κ2) is 15.5. The molecule has 0 bridgehead atoms. The lowest BCUT2D eigenvalue weighted by Crippen LogP contribution is -2.74. The SMILES string of the molecule is CC1(C)[C@H](NC(=O)c2ccc(N3CCN(CC4(F)CCN(c5ccc6c(c5)C(=O)N(C5CCC(=O)NC5=O)C6=O)CC4)CC3)cc2)C(C)(C)[C@H]1Oc1ccc(C#N)c(Cl)c1. The van der Waals surface area contributed by atoms with Crippen LogP contribution in [0.2, 0.25) is 5.02 Å². The minimum absolute atomic E-state index is 0.0535. The molecular formula is C45H49ClFN7O6. The molecule has 15 heteroatoms. The number of benzene rings is 3. The maximum Gasteiger partial charge on any atom is 0.262 e. The molecule has 2 N–H and O–H groups in total. The largest absolute Gasteiger partial charge is 0.489 e. The zero-order valence-electron chi connectivity index (χ0n) is 34.2. The number of nitrogens with one attached hydrogen (secondary N) is 2. The molecule has 3 aromatic rings. The molecule has 0 aromatic heterocycles. The lowest BCUT2D eigenvalue weighted by Gasteiger charge is -2.63. The highest BCUT2D eigenvalue weighted by Gasteiger charge is 2.64. The average molecular weight is 838 g/mol. The highest BCUT2D eigenvalue weighted by molar-refractivity contribution is 6.31. The minimum atomic E-state index is -1.37. The summed E-state index contributed by atoms with van der Waals surface area (Å²) in [5.74, 6) is -1.77. The second-order valence-electron chi connectivity index (χ2n) is 17.9. The summed E-state index contributed by atoms with van der Waals surface area (Å²) in [6.07, 6.45) is 0.573. The van der Waals surface area contributed by atoms with E-state index in [0.717, 1.165) is 29.4 Å². The van der Waals surface area contributed by atoms with Crippen LogP contribution < -0.4 is 25.2 Å². The van der Waals surface area contributed by atoms with Crippen LogP contribution in [0.1, 0.15) is 90.0 Å². The number of hydrogen-bond donors (Lipinski definition) is 2. The number of piperidine rings is 2. The third-order valence-electron chi connectivity index (χ3n) is 13.3. The van der Waals surface area contributed by atoms with Crippen LogP contribution in [0.15, 0.2) is 60.7 Å². The molecule has 60 heavy (non-hydrogen) atoms. The third-order valence-corrected chi connectivity index (χ3v) is 13.6. The summed E-state index contributed by atoms with van der Waals surface area (Å²) in [4.78, 5) is 71.4. The first kappa shape index (κ1) is 41.2. The quantitative estimate of drug-likeness (QED) is 0.270. The number of imide groups is 2. The molecule has 4 aliphatic heterocycles. The molecule has 5 aliphatic rings. The summed E-state index contributed by atoms with van der Waals surface area (Å²) in [7, 11) is 0. The lowest BCUT2D eigenvalue weighted by atomic mass is 9.49. The molecule has 0 spiro atoms. The Bertz CT molecular complexity index is 2280. The number of hydrogen-bond acceptors (Lipinski definition) is 10. The molecule has 4 heterocycles. The number of alkyl halides is 1. The van der Waals surface area contributed by atoms with Crippen LogP contribution in [0.4, 0.5) is 15.8 Å². The van der Waals surface area contributed by atoms with Crippen molar-refractivity contribution in [1.82, 2.24) is 20.4 Å². The number of fused-ring (bicyclic) bond motifs is 1. The fourth-order valence-corrected chi connectivity index (χ4v) is 10.4. The topological polar surface area (TPSA) is 155 Å². The van der Waals surface area contributed by atoms with Gasteiger partial charge in [0.1, 0.15) is 29.6 Å². The summed E-state index contributed by atoms with van der Waals surface area (Å²) in [6, 6.07) is 18.5. The molecule has 1 saturated carbocycles. The van der Waals surface area contributed by atoms with E-state index in [1.807, 2.05) is 29.2 Å². The van der Waals surface area contributed by atoms with Crippen molar-refractivity contribution in [3.63, 3.8) is 0 Å². The Morgan fingerprint density at radius 3 is 2.13 bits per heavy atom. The monoisotopic (exact) mass is 837 g/mol. The number of nitriles is 1. The predicted molar refractivity (Wildman–Crippen MR) is 223 cm³/mol. The molecule has 3 aromatic carbocycles. The zero-order valence-corrected chi connectivity index (χ0v) is 35.0. The van der Waals surface area contributed by atoms with Crippen LogP contribution in [-0.4, -0.2) is 109 Å². The molecule has 1 aliphatic carbocycles. The van der Waals surface area contributed by atoms with Crippen LogP contribution in [0.3, 0.4) is 0 Å². The van der Waals surface area contributed by atoms with Crippen LogP contribution in [0.25, 0.3) is 0 Å². The van der Waals surface area contributed by atoms with E-state index >= 15 is 4.39 Å². The van der Waals surface area contributed by atoms with Gasteiger partial charge in [0.15, 0.2) is 0 Å². The molecule has 1 unspecified atom stereocenters. The van der Waals surface area contributed by atoms with Crippen LogP contribution in [0.5, 0.6) is 5.75 Å². The third kappa shape index (κ3) is 7.47. The molecular weight excluding hydrogens is 789 g/mol. The molecule has 13 nitrogen and oxygen atoms in total. The summed E-state index contributed by atoms with van der Waals surface area (Å²) < 4.78 is 22.7. The number of rotatable bonds is 9. The summed E-state index contributed by atoms with van der Waals surface area (Å²) >= 11 is 6.24. The van der Waals surface area contributed by atoms with Crippen molar-refractivity contribution >= 4 is 52.5 Å². The number of anilines is 2. The van der Waals surface area contributed by atoms with Crippen molar-refractivity contribution in [2.75, 3.05) is 55.6 Å². The fraction of sp³-hybridized carbons (Fsp3) is 0.467. The number of nitrogens with zero attached hydrogens (tertiary/aromatic N) is 5. The van der Waals surface area contributed by atoms with E-state index in [0.29, 0.717) is 67.5 Å². The number of ether oxygens (including phenoxy) is 1. The van der Waals surface area contributed by atoms with Gasteiger partial charge in [0.25, 0.3) is 17.7 Å². The van der Waals surface area contributed by atoms with E-state index < -0.39 is 35.3 Å². The van der Waals surface area contributed by atoms with Crippen LogP contribution >= 0.6 is 11.6 Å².